The second-order valence-electron chi connectivity index (χ2n) is 9.11. The first-order valence-electron chi connectivity index (χ1n) is 10.8. The second kappa shape index (κ2) is 7.41. The van der Waals surface area contributed by atoms with Crippen LogP contribution in [0, 0.1) is 24.7 Å². The number of nitrogens with zero attached hydrogens (tertiary/aromatic N) is 3. The second-order valence-corrected chi connectivity index (χ2v) is 10.1. The number of aromatic nitrogens is 3. The summed E-state index contributed by atoms with van der Waals surface area (Å²) in [6.45, 7) is 3.74. The maximum absolute atomic E-state index is 12.7. The van der Waals surface area contributed by atoms with Crippen molar-refractivity contribution in [2.75, 3.05) is 11.9 Å². The van der Waals surface area contributed by atoms with Gasteiger partial charge in [0.05, 0.1) is 17.9 Å². The normalized spacial score (nSPS) is 29.1. The van der Waals surface area contributed by atoms with Crippen LogP contribution in [-0.2, 0) is 10.2 Å². The molecule has 4 fully saturated rings. The van der Waals surface area contributed by atoms with Crippen LogP contribution in [0.3, 0.4) is 0 Å². The first kappa shape index (κ1) is 19.6. The van der Waals surface area contributed by atoms with Crippen LogP contribution in [0.15, 0.2) is 12.1 Å². The van der Waals surface area contributed by atoms with Crippen LogP contribution in [0.25, 0.3) is 0 Å². The largest absolute Gasteiger partial charge is 0.462 e. The highest BCUT2D eigenvalue weighted by Crippen LogP contribution is 2.61. The van der Waals surface area contributed by atoms with Gasteiger partial charge < -0.3 is 4.74 Å². The van der Waals surface area contributed by atoms with E-state index in [-0.39, 0.29) is 17.0 Å². The zero-order valence-electron chi connectivity index (χ0n) is 17.3. The maximum Gasteiger partial charge on any atom is 0.339 e. The van der Waals surface area contributed by atoms with Gasteiger partial charge in [-0.05, 0) is 82.3 Å². The zero-order chi connectivity index (χ0) is 20.9. The Morgan fingerprint density at radius 2 is 1.80 bits per heavy atom. The van der Waals surface area contributed by atoms with Crippen molar-refractivity contribution >= 4 is 28.3 Å². The fourth-order valence-corrected chi connectivity index (χ4v) is 7.09. The van der Waals surface area contributed by atoms with Crippen LogP contribution in [-0.4, -0.2) is 33.7 Å². The molecule has 4 aliphatic rings. The summed E-state index contributed by atoms with van der Waals surface area (Å²) >= 11 is 1.51. The van der Waals surface area contributed by atoms with E-state index in [0.717, 1.165) is 22.8 Å². The summed E-state index contributed by atoms with van der Waals surface area (Å²) in [5.74, 6) is 1.73. The lowest BCUT2D eigenvalue weighted by Crippen LogP contribution is -2.48. The van der Waals surface area contributed by atoms with Gasteiger partial charge >= 0.3 is 5.97 Å². The number of carbonyl (C=O) groups excluding carboxylic acids is 2. The fraction of sp³-hybridized carbons (Fsp3) is 0.591. The van der Waals surface area contributed by atoms with Gasteiger partial charge in [-0.3, -0.25) is 10.1 Å². The topological polar surface area (TPSA) is 94.1 Å². The van der Waals surface area contributed by atoms with E-state index in [9.17, 15) is 9.59 Å². The van der Waals surface area contributed by atoms with Crippen LogP contribution in [0.4, 0.5) is 5.13 Å². The molecule has 8 heteroatoms. The van der Waals surface area contributed by atoms with Crippen LogP contribution in [0.5, 0.6) is 0 Å². The van der Waals surface area contributed by atoms with Crippen molar-refractivity contribution in [3.05, 3.63) is 34.1 Å². The predicted molar refractivity (Wildman–Crippen MR) is 113 cm³/mol. The van der Waals surface area contributed by atoms with Gasteiger partial charge in [-0.15, -0.1) is 10.2 Å². The third kappa shape index (κ3) is 3.41. The zero-order valence-corrected chi connectivity index (χ0v) is 18.1. The van der Waals surface area contributed by atoms with Crippen molar-refractivity contribution in [2.45, 2.75) is 57.8 Å². The summed E-state index contributed by atoms with van der Waals surface area (Å²) in [5.41, 5.74) is 1.25. The Labute approximate surface area is 179 Å². The van der Waals surface area contributed by atoms with Gasteiger partial charge in [0.1, 0.15) is 10.7 Å². The molecule has 0 saturated heterocycles. The molecule has 158 valence electrons. The van der Waals surface area contributed by atoms with Gasteiger partial charge in [0.15, 0.2) is 0 Å². The molecule has 0 atom stereocenters. The summed E-state index contributed by atoms with van der Waals surface area (Å²) in [6, 6.07) is 3.12. The van der Waals surface area contributed by atoms with E-state index >= 15 is 0 Å². The van der Waals surface area contributed by atoms with E-state index in [1.165, 1.54) is 55.9 Å². The Kier molecular flexibility index (Phi) is 4.84. The van der Waals surface area contributed by atoms with Crippen LogP contribution >= 0.6 is 11.3 Å². The third-order valence-corrected chi connectivity index (χ3v) is 8.04. The van der Waals surface area contributed by atoms with Gasteiger partial charge in [0, 0.05) is 5.41 Å². The van der Waals surface area contributed by atoms with E-state index in [2.05, 4.69) is 20.5 Å². The maximum atomic E-state index is 12.7. The number of amides is 1. The van der Waals surface area contributed by atoms with E-state index in [1.54, 1.807) is 19.9 Å². The van der Waals surface area contributed by atoms with Crippen LogP contribution in [0.2, 0.25) is 0 Å². The first-order chi connectivity index (χ1) is 14.5. The predicted octanol–water partition coefficient (Wildman–Crippen LogP) is 4.14. The average Bonchev–Trinajstić information content (AvgIpc) is 3.16. The molecule has 4 aliphatic carbocycles. The third-order valence-electron chi connectivity index (χ3n) is 6.95. The lowest BCUT2D eigenvalue weighted by Gasteiger charge is -2.55. The Bertz CT molecular complexity index is 967. The molecule has 0 aliphatic heterocycles. The fourth-order valence-electron chi connectivity index (χ4n) is 6.13. The van der Waals surface area contributed by atoms with Crippen molar-refractivity contribution in [1.29, 1.82) is 0 Å². The smallest absolute Gasteiger partial charge is 0.339 e. The number of hydrogen-bond acceptors (Lipinski definition) is 7. The quantitative estimate of drug-likeness (QED) is 0.722. The van der Waals surface area contributed by atoms with E-state index < -0.39 is 5.97 Å². The minimum absolute atomic E-state index is 0.172. The number of ether oxygens (including phenoxy) is 1. The molecule has 0 spiro atoms. The number of hydrogen-bond donors (Lipinski definition) is 1. The number of rotatable bonds is 5. The van der Waals surface area contributed by atoms with E-state index in [0.29, 0.717) is 23.0 Å². The Hall–Kier alpha value is -2.35. The molecule has 2 heterocycles. The molecular formula is C22H26N4O3S. The van der Waals surface area contributed by atoms with Gasteiger partial charge in [-0.2, -0.15) is 0 Å². The monoisotopic (exact) mass is 426 g/mol. The number of nitrogens with one attached hydrogen (secondary N) is 1. The van der Waals surface area contributed by atoms with Crippen molar-refractivity contribution in [2.24, 2.45) is 17.8 Å². The number of pyridine rings is 1. The molecule has 1 N–H and O–H groups in total. The minimum Gasteiger partial charge on any atom is -0.462 e. The van der Waals surface area contributed by atoms with Gasteiger partial charge in [-0.25, -0.2) is 9.78 Å². The molecular weight excluding hydrogens is 400 g/mol. The molecule has 7 nitrogen and oxygen atoms in total. The summed E-state index contributed by atoms with van der Waals surface area (Å²) in [4.78, 5) is 28.9. The molecule has 2 aromatic rings. The standard InChI is InChI=1S/C22H26N4O3S/c1-3-29-19(28)16-4-5-17(23-12(16)2)18(27)24-21-26-25-20(30-21)22-9-13-6-14(10-22)8-15(7-13)11-22/h4-5,13-15H,3,6-11H2,1-2H3,(H,24,26,27). The number of anilines is 1. The minimum atomic E-state index is -0.432. The molecule has 2 aromatic heterocycles. The average molecular weight is 427 g/mol. The lowest BCUT2D eigenvalue weighted by atomic mass is 9.50. The summed E-state index contributed by atoms with van der Waals surface area (Å²) < 4.78 is 5.01. The number of aryl methyl sites for hydroxylation is 1. The number of carbonyl (C=O) groups is 2. The summed E-state index contributed by atoms with van der Waals surface area (Å²) in [7, 11) is 0. The van der Waals surface area contributed by atoms with E-state index in [1.807, 2.05) is 0 Å². The lowest BCUT2D eigenvalue weighted by molar-refractivity contribution is -0.00556. The Morgan fingerprint density at radius 3 is 2.40 bits per heavy atom. The molecule has 0 radical (unpaired) electrons. The van der Waals surface area contributed by atoms with Gasteiger partial charge in [-0.1, -0.05) is 11.3 Å². The van der Waals surface area contributed by atoms with Crippen molar-refractivity contribution in [3.63, 3.8) is 0 Å². The SMILES string of the molecule is CCOC(=O)c1ccc(C(=O)Nc2nnc(C34CC5CC(CC(C5)C3)C4)s2)nc1C. The van der Waals surface area contributed by atoms with Crippen molar-refractivity contribution < 1.29 is 14.3 Å². The van der Waals surface area contributed by atoms with Crippen molar-refractivity contribution in [1.82, 2.24) is 15.2 Å². The molecule has 4 saturated carbocycles. The molecule has 0 aromatic carbocycles. The Balaban J connectivity index is 1.30. The Morgan fingerprint density at radius 1 is 1.13 bits per heavy atom. The highest BCUT2D eigenvalue weighted by atomic mass is 32.1. The molecule has 4 bridgehead atoms. The molecule has 0 unspecified atom stereocenters. The van der Waals surface area contributed by atoms with Gasteiger partial charge in [0.2, 0.25) is 5.13 Å². The molecule has 6 rings (SSSR count). The number of esters is 1. The highest BCUT2D eigenvalue weighted by Gasteiger charge is 2.53. The van der Waals surface area contributed by atoms with Crippen molar-refractivity contribution in [3.8, 4) is 0 Å². The molecule has 1 amide bonds. The summed E-state index contributed by atoms with van der Waals surface area (Å²) in [6.07, 6.45) is 7.81. The summed E-state index contributed by atoms with van der Waals surface area (Å²) in [5, 5.41) is 13.2. The van der Waals surface area contributed by atoms with Crippen LogP contribution < -0.4 is 5.32 Å². The van der Waals surface area contributed by atoms with E-state index in [4.69, 9.17) is 4.74 Å². The first-order valence-corrected chi connectivity index (χ1v) is 11.6. The molecule has 30 heavy (non-hydrogen) atoms. The van der Waals surface area contributed by atoms with Crippen LogP contribution in [0.1, 0.15) is 77.0 Å². The van der Waals surface area contributed by atoms with Gasteiger partial charge in [0.25, 0.3) is 5.91 Å². The highest BCUT2D eigenvalue weighted by molar-refractivity contribution is 7.15.